The first kappa shape index (κ1) is 20.9. The first-order chi connectivity index (χ1) is 13.0. The third-order valence-electron chi connectivity index (χ3n) is 8.28. The van der Waals surface area contributed by atoms with Crippen molar-refractivity contribution in [2.45, 2.75) is 97.0 Å². The van der Waals surface area contributed by atoms with Gasteiger partial charge in [-0.2, -0.15) is 0 Å². The molecule has 0 heterocycles. The highest BCUT2D eigenvalue weighted by Gasteiger charge is 2.63. The summed E-state index contributed by atoms with van der Waals surface area (Å²) >= 11 is 0. The van der Waals surface area contributed by atoms with Gasteiger partial charge in [-0.1, -0.05) is 44.3 Å². The minimum absolute atomic E-state index is 0.227. The number of hydrogen-bond donors (Lipinski definition) is 1. The van der Waals surface area contributed by atoms with E-state index in [1.165, 1.54) is 44.9 Å². The van der Waals surface area contributed by atoms with Crippen LogP contribution in [0.2, 0.25) is 0 Å². The van der Waals surface area contributed by atoms with Crippen molar-refractivity contribution in [2.24, 2.45) is 29.1 Å². The predicted molar refractivity (Wildman–Crippen MR) is 111 cm³/mol. The second-order valence-electron chi connectivity index (χ2n) is 9.78. The van der Waals surface area contributed by atoms with Crippen LogP contribution in [0.1, 0.15) is 91.4 Å². The van der Waals surface area contributed by atoms with Gasteiger partial charge in [0.1, 0.15) is 5.60 Å². The minimum atomic E-state index is -0.988. The van der Waals surface area contributed by atoms with Crippen LogP contribution < -0.4 is 0 Å². The van der Waals surface area contributed by atoms with Crippen LogP contribution in [0.4, 0.5) is 4.39 Å². The normalized spacial score (nSPS) is 43.0. The number of aliphatic hydroxyl groups is 1. The zero-order valence-electron chi connectivity index (χ0n) is 17.7. The topological polar surface area (TPSA) is 20.2 Å². The standard InChI is InChI=1S/C22H31FO.C3H8/c1-3-22(24)12-10-19-18-9-8-15-6-4-5-7-17(15)20(18)16(11-13-23)14-21(19,22)2;1-3-2/h1,16,18-20,24H,4-14H2,2H3;3H2,1-2H3. The molecule has 2 heteroatoms. The summed E-state index contributed by atoms with van der Waals surface area (Å²) < 4.78 is 13.4. The first-order valence-corrected chi connectivity index (χ1v) is 11.4. The van der Waals surface area contributed by atoms with Gasteiger partial charge in [0.25, 0.3) is 0 Å². The molecule has 0 spiro atoms. The van der Waals surface area contributed by atoms with E-state index in [2.05, 4.69) is 26.7 Å². The number of fused-ring (bicyclic) bond motifs is 4. The first-order valence-electron chi connectivity index (χ1n) is 11.4. The molecule has 27 heavy (non-hydrogen) atoms. The summed E-state index contributed by atoms with van der Waals surface area (Å²) in [6.45, 7) is 6.21. The predicted octanol–water partition coefficient (Wildman–Crippen LogP) is 6.46. The average Bonchev–Trinajstić information content (AvgIpc) is 2.94. The van der Waals surface area contributed by atoms with E-state index in [4.69, 9.17) is 6.42 Å². The van der Waals surface area contributed by atoms with Crippen LogP contribution in [0.5, 0.6) is 0 Å². The summed E-state index contributed by atoms with van der Waals surface area (Å²) in [6.07, 6.45) is 18.0. The summed E-state index contributed by atoms with van der Waals surface area (Å²) in [4.78, 5) is 0. The summed E-state index contributed by atoms with van der Waals surface area (Å²) in [6, 6.07) is 0. The summed E-state index contributed by atoms with van der Waals surface area (Å²) in [5, 5.41) is 11.1. The maximum Gasteiger partial charge on any atom is 0.130 e. The van der Waals surface area contributed by atoms with Gasteiger partial charge in [-0.05, 0) is 87.9 Å². The molecule has 2 saturated carbocycles. The second-order valence-corrected chi connectivity index (χ2v) is 9.78. The van der Waals surface area contributed by atoms with E-state index in [0.29, 0.717) is 30.1 Å². The van der Waals surface area contributed by atoms with Crippen LogP contribution in [0.15, 0.2) is 11.1 Å². The van der Waals surface area contributed by atoms with Crippen molar-refractivity contribution in [3.05, 3.63) is 11.1 Å². The van der Waals surface area contributed by atoms with Crippen molar-refractivity contribution in [3.8, 4) is 12.3 Å². The molecule has 4 aliphatic carbocycles. The SMILES string of the molecule is C#CC1(O)CCC2C3CCC4=C(CCCC4)C3C(CCF)CC21C.CCC. The molecule has 1 N–H and O–H groups in total. The Labute approximate surface area is 166 Å². The molecule has 4 rings (SSSR count). The molecule has 0 radical (unpaired) electrons. The molecule has 0 amide bonds. The lowest BCUT2D eigenvalue weighted by Crippen LogP contribution is -2.54. The van der Waals surface area contributed by atoms with Gasteiger partial charge in [0.2, 0.25) is 0 Å². The monoisotopic (exact) mass is 374 g/mol. The summed E-state index contributed by atoms with van der Waals surface area (Å²) in [7, 11) is 0. The van der Waals surface area contributed by atoms with Crippen molar-refractivity contribution >= 4 is 0 Å². The molecule has 152 valence electrons. The van der Waals surface area contributed by atoms with Gasteiger partial charge in [0.15, 0.2) is 0 Å². The van der Waals surface area contributed by atoms with Crippen molar-refractivity contribution in [2.75, 3.05) is 6.67 Å². The van der Waals surface area contributed by atoms with E-state index >= 15 is 0 Å². The maximum absolute atomic E-state index is 13.4. The van der Waals surface area contributed by atoms with E-state index in [-0.39, 0.29) is 12.1 Å². The van der Waals surface area contributed by atoms with Crippen LogP contribution in [0.3, 0.4) is 0 Å². The molecule has 2 fully saturated rings. The molecule has 0 aromatic rings. The number of allylic oxidation sites excluding steroid dienone is 2. The van der Waals surface area contributed by atoms with Crippen molar-refractivity contribution in [1.82, 2.24) is 0 Å². The fourth-order valence-electron chi connectivity index (χ4n) is 7.16. The van der Waals surface area contributed by atoms with Gasteiger partial charge in [0, 0.05) is 5.41 Å². The smallest absolute Gasteiger partial charge is 0.130 e. The van der Waals surface area contributed by atoms with E-state index in [9.17, 15) is 9.50 Å². The van der Waals surface area contributed by atoms with Gasteiger partial charge >= 0.3 is 0 Å². The molecule has 0 saturated heterocycles. The summed E-state index contributed by atoms with van der Waals surface area (Å²) in [5.74, 6) is 4.80. The number of terminal acetylenes is 1. The van der Waals surface area contributed by atoms with Crippen molar-refractivity contribution < 1.29 is 9.50 Å². The molecule has 6 atom stereocenters. The highest BCUT2D eigenvalue weighted by molar-refractivity contribution is 5.30. The van der Waals surface area contributed by atoms with Crippen LogP contribution in [0, 0.1) is 41.4 Å². The fourth-order valence-corrected chi connectivity index (χ4v) is 7.16. The Morgan fingerprint density at radius 3 is 2.56 bits per heavy atom. The Kier molecular flexibility index (Phi) is 6.41. The zero-order chi connectivity index (χ0) is 19.7. The van der Waals surface area contributed by atoms with Crippen LogP contribution in [0.25, 0.3) is 0 Å². The second kappa shape index (κ2) is 8.28. The molecule has 0 aliphatic heterocycles. The van der Waals surface area contributed by atoms with E-state index in [0.717, 1.165) is 19.3 Å². The molecule has 0 aromatic heterocycles. The Balaban J connectivity index is 0.000000659. The highest BCUT2D eigenvalue weighted by atomic mass is 19.1. The lowest BCUT2D eigenvalue weighted by Gasteiger charge is -2.56. The van der Waals surface area contributed by atoms with Gasteiger partial charge < -0.3 is 5.11 Å². The summed E-state index contributed by atoms with van der Waals surface area (Å²) in [5.41, 5.74) is 2.20. The van der Waals surface area contributed by atoms with E-state index < -0.39 is 5.60 Å². The fraction of sp³-hybridized carbons (Fsp3) is 0.840. The van der Waals surface area contributed by atoms with Gasteiger partial charge in [0.05, 0.1) is 6.67 Å². The molecule has 1 nitrogen and oxygen atoms in total. The number of alkyl halides is 1. The van der Waals surface area contributed by atoms with Crippen molar-refractivity contribution in [3.63, 3.8) is 0 Å². The highest BCUT2D eigenvalue weighted by Crippen LogP contribution is 2.66. The molecule has 0 bridgehead atoms. The van der Waals surface area contributed by atoms with Crippen molar-refractivity contribution in [1.29, 1.82) is 0 Å². The minimum Gasteiger partial charge on any atom is -0.377 e. The Morgan fingerprint density at radius 1 is 1.19 bits per heavy atom. The Bertz CT molecular complexity index is 602. The lowest BCUT2D eigenvalue weighted by molar-refractivity contribution is -0.0947. The third-order valence-corrected chi connectivity index (χ3v) is 8.28. The maximum atomic E-state index is 13.4. The average molecular weight is 375 g/mol. The van der Waals surface area contributed by atoms with Gasteiger partial charge in [-0.25, -0.2) is 0 Å². The number of rotatable bonds is 2. The van der Waals surface area contributed by atoms with Crippen LogP contribution in [-0.2, 0) is 0 Å². The van der Waals surface area contributed by atoms with Gasteiger partial charge in [-0.3, -0.25) is 4.39 Å². The van der Waals surface area contributed by atoms with E-state index in [1.807, 2.05) is 0 Å². The van der Waals surface area contributed by atoms with Gasteiger partial charge in [-0.15, -0.1) is 6.42 Å². The van der Waals surface area contributed by atoms with Crippen LogP contribution >= 0.6 is 0 Å². The Hall–Kier alpha value is -0.810. The quantitative estimate of drug-likeness (QED) is 0.434. The molecule has 4 aliphatic rings. The Morgan fingerprint density at radius 2 is 1.89 bits per heavy atom. The number of halogens is 1. The molecule has 0 aromatic carbocycles. The lowest BCUT2D eigenvalue weighted by atomic mass is 9.49. The molecular weight excluding hydrogens is 335 g/mol. The third kappa shape index (κ3) is 3.39. The largest absolute Gasteiger partial charge is 0.377 e. The number of hydrogen-bond acceptors (Lipinski definition) is 1. The molecule has 6 unspecified atom stereocenters. The van der Waals surface area contributed by atoms with E-state index in [1.54, 1.807) is 11.1 Å². The van der Waals surface area contributed by atoms with Crippen LogP contribution in [-0.4, -0.2) is 17.4 Å². The molecular formula is C25H39FO. The zero-order valence-corrected chi connectivity index (χ0v) is 17.7.